The molecule has 0 aliphatic rings. The van der Waals surface area contributed by atoms with Gasteiger partial charge in [-0.15, -0.1) is 11.3 Å². The molecule has 5 heteroatoms. The third-order valence-corrected chi connectivity index (χ3v) is 3.47. The Labute approximate surface area is 100 Å². The molecular formula is C11H19N3OS. The third-order valence-electron chi connectivity index (χ3n) is 2.34. The Hall–Kier alpha value is -0.940. The lowest BCUT2D eigenvalue weighted by atomic mass is 10.3. The van der Waals surface area contributed by atoms with Crippen molar-refractivity contribution in [2.24, 2.45) is 0 Å². The summed E-state index contributed by atoms with van der Waals surface area (Å²) in [6, 6.07) is 0. The highest BCUT2D eigenvalue weighted by Crippen LogP contribution is 2.16. The highest BCUT2D eigenvalue weighted by Gasteiger charge is 2.04. The number of aryl methyl sites for hydroxylation is 2. The maximum absolute atomic E-state index is 11.3. The fourth-order valence-corrected chi connectivity index (χ4v) is 2.22. The van der Waals surface area contributed by atoms with Crippen molar-refractivity contribution in [2.45, 2.75) is 26.7 Å². The van der Waals surface area contributed by atoms with Gasteiger partial charge in [-0.25, -0.2) is 4.98 Å². The molecule has 0 saturated carbocycles. The lowest BCUT2D eigenvalue weighted by Crippen LogP contribution is -2.28. The number of aromatic nitrogens is 1. The van der Waals surface area contributed by atoms with Crippen molar-refractivity contribution in [2.75, 3.05) is 20.1 Å². The normalized spacial score (nSPS) is 10.4. The van der Waals surface area contributed by atoms with Crippen molar-refractivity contribution < 1.29 is 4.79 Å². The number of carbonyl (C=O) groups is 1. The van der Waals surface area contributed by atoms with Crippen molar-refractivity contribution in [1.29, 1.82) is 0 Å². The van der Waals surface area contributed by atoms with Crippen molar-refractivity contribution in [3.05, 3.63) is 15.6 Å². The van der Waals surface area contributed by atoms with Gasteiger partial charge in [-0.2, -0.15) is 0 Å². The second-order valence-electron chi connectivity index (χ2n) is 3.70. The summed E-state index contributed by atoms with van der Waals surface area (Å²) >= 11 is 1.71. The average molecular weight is 241 g/mol. The Bertz CT molecular complexity index is 329. The summed E-state index contributed by atoms with van der Waals surface area (Å²) in [6.45, 7) is 5.49. The first kappa shape index (κ1) is 13.1. The van der Waals surface area contributed by atoms with E-state index < -0.39 is 0 Å². The largest absolute Gasteiger partial charge is 0.356 e. The quantitative estimate of drug-likeness (QED) is 0.782. The van der Waals surface area contributed by atoms with E-state index >= 15 is 0 Å². The summed E-state index contributed by atoms with van der Waals surface area (Å²) < 4.78 is 0. The third kappa shape index (κ3) is 4.28. The van der Waals surface area contributed by atoms with Crippen LogP contribution in [0.2, 0.25) is 0 Å². The molecule has 1 aromatic heterocycles. The van der Waals surface area contributed by atoms with Crippen LogP contribution < -0.4 is 10.6 Å². The molecule has 2 N–H and O–H groups in total. The van der Waals surface area contributed by atoms with E-state index in [4.69, 9.17) is 0 Å². The van der Waals surface area contributed by atoms with Crippen LogP contribution in [-0.2, 0) is 11.2 Å². The van der Waals surface area contributed by atoms with E-state index in [9.17, 15) is 4.79 Å². The molecule has 0 unspecified atom stereocenters. The fraction of sp³-hybridized carbons (Fsp3) is 0.636. The minimum atomic E-state index is 0.0966. The molecule has 0 bridgehead atoms. The number of carbonyl (C=O) groups excluding carboxylic acids is 1. The predicted molar refractivity (Wildman–Crippen MR) is 66.8 cm³/mol. The SMILES string of the molecule is CNCCC(=O)NCCc1nc(C)c(C)s1. The van der Waals surface area contributed by atoms with Crippen molar-refractivity contribution >= 4 is 17.2 Å². The lowest BCUT2D eigenvalue weighted by Gasteiger charge is -2.02. The van der Waals surface area contributed by atoms with Crippen LogP contribution in [0, 0.1) is 13.8 Å². The number of thiazole rings is 1. The van der Waals surface area contributed by atoms with Crippen molar-refractivity contribution in [1.82, 2.24) is 15.6 Å². The Morgan fingerprint density at radius 3 is 2.69 bits per heavy atom. The molecule has 1 heterocycles. The molecule has 90 valence electrons. The summed E-state index contributed by atoms with van der Waals surface area (Å²) in [5.74, 6) is 0.0966. The summed E-state index contributed by atoms with van der Waals surface area (Å²) in [7, 11) is 1.84. The van der Waals surface area contributed by atoms with Gasteiger partial charge in [0.15, 0.2) is 0 Å². The molecule has 0 saturated heterocycles. The Morgan fingerprint density at radius 2 is 2.12 bits per heavy atom. The van der Waals surface area contributed by atoms with E-state index in [1.807, 2.05) is 14.0 Å². The minimum Gasteiger partial charge on any atom is -0.356 e. The van der Waals surface area contributed by atoms with Gasteiger partial charge in [0.1, 0.15) is 0 Å². The van der Waals surface area contributed by atoms with E-state index in [1.165, 1.54) is 4.88 Å². The molecule has 1 rings (SSSR count). The van der Waals surface area contributed by atoms with Crippen LogP contribution in [0.4, 0.5) is 0 Å². The predicted octanol–water partition coefficient (Wildman–Crippen LogP) is 1.03. The summed E-state index contributed by atoms with van der Waals surface area (Å²) in [5.41, 5.74) is 1.10. The van der Waals surface area contributed by atoms with Crippen LogP contribution in [0.5, 0.6) is 0 Å². The molecule has 0 aliphatic carbocycles. The van der Waals surface area contributed by atoms with Gasteiger partial charge in [-0.3, -0.25) is 4.79 Å². The molecule has 0 atom stereocenters. The Morgan fingerprint density at radius 1 is 1.38 bits per heavy atom. The van der Waals surface area contributed by atoms with Gasteiger partial charge in [0.25, 0.3) is 0 Å². The van der Waals surface area contributed by atoms with E-state index in [1.54, 1.807) is 11.3 Å². The van der Waals surface area contributed by atoms with Crippen LogP contribution in [0.1, 0.15) is 22.0 Å². The summed E-state index contributed by atoms with van der Waals surface area (Å²) in [5, 5.41) is 6.93. The molecule has 0 aliphatic heterocycles. The van der Waals surface area contributed by atoms with Gasteiger partial charge in [0.05, 0.1) is 10.7 Å². The molecular weight excluding hydrogens is 222 g/mol. The van der Waals surface area contributed by atoms with Gasteiger partial charge in [0.2, 0.25) is 5.91 Å². The number of nitrogens with one attached hydrogen (secondary N) is 2. The number of nitrogens with zero attached hydrogens (tertiary/aromatic N) is 1. The fourth-order valence-electron chi connectivity index (χ4n) is 1.28. The minimum absolute atomic E-state index is 0.0966. The monoisotopic (exact) mass is 241 g/mol. The lowest BCUT2D eigenvalue weighted by molar-refractivity contribution is -0.120. The summed E-state index contributed by atoms with van der Waals surface area (Å²) in [4.78, 5) is 17.0. The molecule has 16 heavy (non-hydrogen) atoms. The van der Waals surface area contributed by atoms with Gasteiger partial charge < -0.3 is 10.6 Å². The molecule has 0 radical (unpaired) electrons. The molecule has 0 aromatic carbocycles. The van der Waals surface area contributed by atoms with Crippen LogP contribution in [-0.4, -0.2) is 31.0 Å². The van der Waals surface area contributed by atoms with Gasteiger partial charge in [0, 0.05) is 30.8 Å². The number of hydrogen-bond donors (Lipinski definition) is 2. The van der Waals surface area contributed by atoms with Crippen molar-refractivity contribution in [3.63, 3.8) is 0 Å². The zero-order valence-corrected chi connectivity index (χ0v) is 10.9. The van der Waals surface area contributed by atoms with Crippen molar-refractivity contribution in [3.8, 4) is 0 Å². The standard InChI is InChI=1S/C11H19N3OS/c1-8-9(2)16-11(14-8)5-7-13-10(15)4-6-12-3/h12H,4-7H2,1-3H3,(H,13,15). The first-order valence-corrected chi connectivity index (χ1v) is 6.29. The molecule has 0 spiro atoms. The van der Waals surface area contributed by atoms with Crippen LogP contribution >= 0.6 is 11.3 Å². The maximum Gasteiger partial charge on any atom is 0.221 e. The number of amides is 1. The topological polar surface area (TPSA) is 54.0 Å². The highest BCUT2D eigenvalue weighted by molar-refractivity contribution is 7.11. The van der Waals surface area contributed by atoms with E-state index in [0.29, 0.717) is 13.0 Å². The zero-order chi connectivity index (χ0) is 12.0. The van der Waals surface area contributed by atoms with Crippen LogP contribution in [0.15, 0.2) is 0 Å². The molecule has 4 nitrogen and oxygen atoms in total. The first-order valence-electron chi connectivity index (χ1n) is 5.47. The molecule has 0 fully saturated rings. The maximum atomic E-state index is 11.3. The second-order valence-corrected chi connectivity index (χ2v) is 4.99. The average Bonchev–Trinajstić information content (AvgIpc) is 2.55. The van der Waals surface area contributed by atoms with E-state index in [0.717, 1.165) is 23.7 Å². The summed E-state index contributed by atoms with van der Waals surface area (Å²) in [6.07, 6.45) is 1.36. The molecule has 1 aromatic rings. The Balaban J connectivity index is 2.22. The zero-order valence-electron chi connectivity index (χ0n) is 10.1. The second kappa shape index (κ2) is 6.60. The van der Waals surface area contributed by atoms with Crippen LogP contribution in [0.3, 0.4) is 0 Å². The number of rotatable bonds is 6. The van der Waals surface area contributed by atoms with Gasteiger partial charge in [-0.1, -0.05) is 0 Å². The number of hydrogen-bond acceptors (Lipinski definition) is 4. The smallest absolute Gasteiger partial charge is 0.221 e. The molecule has 1 amide bonds. The highest BCUT2D eigenvalue weighted by atomic mass is 32.1. The first-order chi connectivity index (χ1) is 7.63. The van der Waals surface area contributed by atoms with Gasteiger partial charge in [-0.05, 0) is 20.9 Å². The van der Waals surface area contributed by atoms with E-state index in [2.05, 4.69) is 22.5 Å². The Kier molecular flexibility index (Phi) is 5.42. The van der Waals surface area contributed by atoms with E-state index in [-0.39, 0.29) is 5.91 Å². The van der Waals surface area contributed by atoms with Crippen LogP contribution in [0.25, 0.3) is 0 Å². The van der Waals surface area contributed by atoms with Gasteiger partial charge >= 0.3 is 0 Å².